The topological polar surface area (TPSA) is 94.0 Å². The molecule has 0 radical (unpaired) electrons. The number of nitrogens with two attached hydrogens (primary N) is 2. The number of nitrogens with zero attached hydrogens (tertiary/aromatic N) is 1. The summed E-state index contributed by atoms with van der Waals surface area (Å²) in [5, 5.41) is 5.72. The van der Waals surface area contributed by atoms with Gasteiger partial charge in [0.2, 0.25) is 0 Å². The average molecular weight is 262 g/mol. The van der Waals surface area contributed by atoms with Gasteiger partial charge in [0.15, 0.2) is 0 Å². The second-order valence-corrected chi connectivity index (χ2v) is 4.76. The van der Waals surface area contributed by atoms with E-state index in [2.05, 4.69) is 10.3 Å². The Morgan fingerprint density at radius 3 is 2.89 bits per heavy atom. The van der Waals surface area contributed by atoms with Crippen molar-refractivity contribution in [3.8, 4) is 0 Å². The molecule has 2 rings (SSSR count). The van der Waals surface area contributed by atoms with Crippen molar-refractivity contribution < 1.29 is 4.79 Å². The molecule has 1 aromatic heterocycles. The van der Waals surface area contributed by atoms with E-state index in [1.807, 2.05) is 5.38 Å². The Hall–Kier alpha value is -2.08. The van der Waals surface area contributed by atoms with Crippen LogP contribution in [-0.2, 0) is 6.42 Å². The van der Waals surface area contributed by atoms with Crippen LogP contribution >= 0.6 is 11.3 Å². The van der Waals surface area contributed by atoms with Crippen LogP contribution in [0.5, 0.6) is 0 Å². The largest absolute Gasteiger partial charge is 0.399 e. The monoisotopic (exact) mass is 262 g/mol. The quantitative estimate of drug-likeness (QED) is 0.723. The van der Waals surface area contributed by atoms with Crippen LogP contribution in [0.15, 0.2) is 29.8 Å². The number of anilines is 2. The minimum absolute atomic E-state index is 0.191. The molecule has 1 aromatic carbocycles. The molecule has 0 aliphatic rings. The highest BCUT2D eigenvalue weighted by atomic mass is 32.1. The van der Waals surface area contributed by atoms with Crippen molar-refractivity contribution in [1.82, 2.24) is 10.3 Å². The highest BCUT2D eigenvalue weighted by molar-refractivity contribution is 7.09. The molecule has 6 heteroatoms. The fraction of sp³-hybridized carbons (Fsp3) is 0.167. The Kier molecular flexibility index (Phi) is 3.78. The lowest BCUT2D eigenvalue weighted by molar-refractivity contribution is 0.0955. The van der Waals surface area contributed by atoms with Gasteiger partial charge in [-0.05, 0) is 18.2 Å². The number of nitrogens with one attached hydrogen (secondary N) is 1. The number of amides is 1. The minimum Gasteiger partial charge on any atom is -0.399 e. The summed E-state index contributed by atoms with van der Waals surface area (Å²) in [5.41, 5.74) is 12.7. The maximum atomic E-state index is 11.9. The Balaban J connectivity index is 1.91. The van der Waals surface area contributed by atoms with Crippen LogP contribution in [0.1, 0.15) is 15.4 Å². The molecule has 5 N–H and O–H groups in total. The number of carbonyl (C=O) groups excluding carboxylic acids is 1. The summed E-state index contributed by atoms with van der Waals surface area (Å²) in [7, 11) is 0. The number of rotatable bonds is 4. The lowest BCUT2D eigenvalue weighted by atomic mass is 10.1. The van der Waals surface area contributed by atoms with E-state index in [4.69, 9.17) is 11.5 Å². The number of hydrogen-bond acceptors (Lipinski definition) is 5. The molecule has 0 aliphatic heterocycles. The Bertz CT molecular complexity index is 539. The van der Waals surface area contributed by atoms with Crippen LogP contribution in [0, 0.1) is 0 Å². The van der Waals surface area contributed by atoms with Crippen LogP contribution in [0.4, 0.5) is 11.4 Å². The van der Waals surface area contributed by atoms with Crippen molar-refractivity contribution in [3.63, 3.8) is 0 Å². The molecular formula is C12H14N4OS. The molecule has 0 spiro atoms. The smallest absolute Gasteiger partial charge is 0.253 e. The molecule has 0 atom stereocenters. The Morgan fingerprint density at radius 1 is 1.39 bits per heavy atom. The van der Waals surface area contributed by atoms with E-state index < -0.39 is 0 Å². The van der Waals surface area contributed by atoms with Crippen molar-refractivity contribution in [1.29, 1.82) is 0 Å². The van der Waals surface area contributed by atoms with Crippen LogP contribution < -0.4 is 16.8 Å². The number of thiazole rings is 1. The minimum atomic E-state index is -0.191. The van der Waals surface area contributed by atoms with Gasteiger partial charge in [0.1, 0.15) is 0 Å². The van der Waals surface area contributed by atoms with Crippen molar-refractivity contribution in [2.24, 2.45) is 0 Å². The van der Waals surface area contributed by atoms with Crippen LogP contribution in [0.25, 0.3) is 0 Å². The summed E-state index contributed by atoms with van der Waals surface area (Å²) in [6, 6.07) is 4.87. The molecule has 18 heavy (non-hydrogen) atoms. The first-order valence-electron chi connectivity index (χ1n) is 5.48. The van der Waals surface area contributed by atoms with Gasteiger partial charge in [-0.3, -0.25) is 4.79 Å². The first-order valence-corrected chi connectivity index (χ1v) is 6.36. The second kappa shape index (κ2) is 5.50. The summed E-state index contributed by atoms with van der Waals surface area (Å²) in [6.07, 6.45) is 2.47. The first-order chi connectivity index (χ1) is 8.66. The van der Waals surface area contributed by atoms with Crippen molar-refractivity contribution in [2.75, 3.05) is 18.0 Å². The van der Waals surface area contributed by atoms with Crippen molar-refractivity contribution in [2.45, 2.75) is 6.42 Å². The highest BCUT2D eigenvalue weighted by Crippen LogP contribution is 2.15. The number of aromatic nitrogens is 1. The van der Waals surface area contributed by atoms with Gasteiger partial charge in [-0.1, -0.05) is 0 Å². The molecule has 0 aliphatic carbocycles. The first kappa shape index (κ1) is 12.4. The Labute approximate surface area is 109 Å². The molecule has 0 fully saturated rings. The van der Waals surface area contributed by atoms with E-state index in [0.29, 0.717) is 23.5 Å². The lowest BCUT2D eigenvalue weighted by Crippen LogP contribution is -2.26. The zero-order chi connectivity index (χ0) is 13.0. The summed E-state index contributed by atoms with van der Waals surface area (Å²) in [6.45, 7) is 0.538. The summed E-state index contributed by atoms with van der Waals surface area (Å²) < 4.78 is 0. The van der Waals surface area contributed by atoms with Crippen LogP contribution in [0.3, 0.4) is 0 Å². The average Bonchev–Trinajstić information content (AvgIpc) is 2.81. The molecular weight excluding hydrogens is 248 g/mol. The summed E-state index contributed by atoms with van der Waals surface area (Å²) in [5.74, 6) is -0.191. The molecule has 1 amide bonds. The van der Waals surface area contributed by atoms with Gasteiger partial charge >= 0.3 is 0 Å². The van der Waals surface area contributed by atoms with Crippen LogP contribution in [0.2, 0.25) is 0 Å². The van der Waals surface area contributed by atoms with E-state index in [9.17, 15) is 4.79 Å². The zero-order valence-corrected chi connectivity index (χ0v) is 10.5. The predicted molar refractivity (Wildman–Crippen MR) is 73.4 cm³/mol. The third-order valence-electron chi connectivity index (χ3n) is 2.43. The molecule has 94 valence electrons. The predicted octanol–water partition coefficient (Wildman–Crippen LogP) is 1.28. The fourth-order valence-corrected chi connectivity index (χ4v) is 2.16. The normalized spacial score (nSPS) is 10.2. The van der Waals surface area contributed by atoms with Crippen molar-refractivity contribution >= 4 is 28.6 Å². The third kappa shape index (κ3) is 2.98. The van der Waals surface area contributed by atoms with E-state index in [0.717, 1.165) is 11.4 Å². The van der Waals surface area contributed by atoms with E-state index in [-0.39, 0.29) is 5.91 Å². The van der Waals surface area contributed by atoms with Crippen molar-refractivity contribution in [3.05, 3.63) is 40.3 Å². The van der Waals surface area contributed by atoms with Gasteiger partial charge in [0.25, 0.3) is 5.91 Å². The SMILES string of the molecule is Nc1ccc(C(=O)NCCc2nccs2)c(N)c1. The van der Waals surface area contributed by atoms with Gasteiger partial charge in [0.05, 0.1) is 10.6 Å². The number of hydrogen-bond donors (Lipinski definition) is 3. The molecule has 0 saturated heterocycles. The fourth-order valence-electron chi connectivity index (χ4n) is 1.54. The molecule has 0 saturated carbocycles. The van der Waals surface area contributed by atoms with Gasteiger partial charge in [-0.2, -0.15) is 0 Å². The van der Waals surface area contributed by atoms with Gasteiger partial charge < -0.3 is 16.8 Å². The standard InChI is InChI=1S/C12H14N4OS/c13-8-1-2-9(10(14)7-8)12(17)16-4-3-11-15-5-6-18-11/h1-2,5-7H,3-4,13-14H2,(H,16,17). The number of nitrogen functional groups attached to an aromatic ring is 2. The van der Waals surface area contributed by atoms with E-state index in [1.54, 1.807) is 35.7 Å². The third-order valence-corrected chi connectivity index (χ3v) is 3.27. The maximum absolute atomic E-state index is 11.9. The summed E-state index contributed by atoms with van der Waals surface area (Å²) in [4.78, 5) is 16.0. The van der Waals surface area contributed by atoms with E-state index in [1.165, 1.54) is 0 Å². The summed E-state index contributed by atoms with van der Waals surface area (Å²) >= 11 is 1.57. The molecule has 0 unspecified atom stereocenters. The number of carbonyl (C=O) groups is 1. The molecule has 5 nitrogen and oxygen atoms in total. The highest BCUT2D eigenvalue weighted by Gasteiger charge is 2.09. The van der Waals surface area contributed by atoms with Gasteiger partial charge in [0, 0.05) is 35.9 Å². The van der Waals surface area contributed by atoms with Gasteiger partial charge in [-0.15, -0.1) is 11.3 Å². The zero-order valence-electron chi connectivity index (χ0n) is 9.72. The lowest BCUT2D eigenvalue weighted by Gasteiger charge is -2.07. The van der Waals surface area contributed by atoms with E-state index >= 15 is 0 Å². The van der Waals surface area contributed by atoms with Gasteiger partial charge in [-0.25, -0.2) is 4.98 Å². The molecule has 2 aromatic rings. The molecule has 0 bridgehead atoms. The van der Waals surface area contributed by atoms with Crippen LogP contribution in [-0.4, -0.2) is 17.4 Å². The maximum Gasteiger partial charge on any atom is 0.253 e. The second-order valence-electron chi connectivity index (χ2n) is 3.78. The Morgan fingerprint density at radius 2 is 2.22 bits per heavy atom. The number of benzene rings is 1. The molecule has 1 heterocycles.